The van der Waals surface area contributed by atoms with Crippen LogP contribution in [0.4, 0.5) is 0 Å². The Morgan fingerprint density at radius 1 is 1.32 bits per heavy atom. The lowest BCUT2D eigenvalue weighted by Crippen LogP contribution is -2.40. The number of benzene rings is 1. The van der Waals surface area contributed by atoms with Crippen LogP contribution in [0.5, 0.6) is 5.75 Å². The van der Waals surface area contributed by atoms with E-state index < -0.39 is 0 Å². The van der Waals surface area contributed by atoms with E-state index in [2.05, 4.69) is 15.8 Å². The van der Waals surface area contributed by atoms with Gasteiger partial charge in [-0.15, -0.1) is 0 Å². The highest BCUT2D eigenvalue weighted by Crippen LogP contribution is 2.17. The number of hydrogen-bond donors (Lipinski definition) is 2. The van der Waals surface area contributed by atoms with Crippen molar-refractivity contribution in [3.05, 3.63) is 29.8 Å². The molecule has 0 aliphatic heterocycles. The molecule has 1 aromatic rings. The minimum atomic E-state index is 0.0517. The van der Waals surface area contributed by atoms with E-state index in [1.807, 2.05) is 18.2 Å². The molecule has 2 N–H and O–H groups in total. The van der Waals surface area contributed by atoms with Crippen LogP contribution in [0.3, 0.4) is 0 Å². The van der Waals surface area contributed by atoms with Crippen molar-refractivity contribution in [2.75, 3.05) is 6.61 Å². The van der Waals surface area contributed by atoms with Gasteiger partial charge >= 0.3 is 0 Å². The van der Waals surface area contributed by atoms with Crippen molar-refractivity contribution in [2.24, 2.45) is 5.10 Å². The fourth-order valence-electron chi connectivity index (χ4n) is 2.40. The summed E-state index contributed by atoms with van der Waals surface area (Å²) < 4.78 is 5.19. The highest BCUT2D eigenvalue weighted by atomic mass is 32.1. The van der Waals surface area contributed by atoms with E-state index in [4.69, 9.17) is 22.2 Å². The predicted octanol–water partition coefficient (Wildman–Crippen LogP) is 2.72. The summed E-state index contributed by atoms with van der Waals surface area (Å²) in [6.07, 6.45) is 7.91. The van der Waals surface area contributed by atoms with Crippen molar-refractivity contribution in [1.82, 2.24) is 10.7 Å². The SMILES string of the molecule is N#CCOc1ccc(/C=N\NC(=S)NC2CCCCC2)cc1. The van der Waals surface area contributed by atoms with Crippen LogP contribution in [0.2, 0.25) is 0 Å². The van der Waals surface area contributed by atoms with Gasteiger partial charge in [-0.05, 0) is 54.9 Å². The van der Waals surface area contributed by atoms with Gasteiger partial charge in [-0.1, -0.05) is 19.3 Å². The highest BCUT2D eigenvalue weighted by molar-refractivity contribution is 7.80. The summed E-state index contributed by atoms with van der Waals surface area (Å²) in [6.45, 7) is 0.0517. The fraction of sp³-hybridized carbons (Fsp3) is 0.438. The second-order valence-electron chi connectivity index (χ2n) is 5.19. The third-order valence-electron chi connectivity index (χ3n) is 3.50. The van der Waals surface area contributed by atoms with Crippen LogP contribution in [0.15, 0.2) is 29.4 Å². The Balaban J connectivity index is 1.74. The Kier molecular flexibility index (Phi) is 6.65. The first-order valence-corrected chi connectivity index (χ1v) is 7.88. The molecule has 0 spiro atoms. The number of hydrogen-bond acceptors (Lipinski definition) is 4. The fourth-order valence-corrected chi connectivity index (χ4v) is 2.62. The van der Waals surface area contributed by atoms with Gasteiger partial charge in [-0.3, -0.25) is 5.43 Å². The predicted molar refractivity (Wildman–Crippen MR) is 90.9 cm³/mol. The van der Waals surface area contributed by atoms with Gasteiger partial charge in [0.1, 0.15) is 11.8 Å². The first-order chi connectivity index (χ1) is 10.8. The quantitative estimate of drug-likeness (QED) is 0.496. The maximum atomic E-state index is 8.45. The summed E-state index contributed by atoms with van der Waals surface area (Å²) >= 11 is 5.23. The molecule has 1 aliphatic carbocycles. The van der Waals surface area contributed by atoms with Crippen molar-refractivity contribution in [3.8, 4) is 11.8 Å². The largest absolute Gasteiger partial charge is 0.479 e. The summed E-state index contributed by atoms with van der Waals surface area (Å²) in [5, 5.41) is 16.4. The number of hydrazone groups is 1. The molecule has 22 heavy (non-hydrogen) atoms. The van der Waals surface area contributed by atoms with Gasteiger partial charge in [0.15, 0.2) is 11.7 Å². The molecule has 2 rings (SSSR count). The molecule has 1 aliphatic rings. The number of nitrogens with one attached hydrogen (secondary N) is 2. The first kappa shape index (κ1) is 16.2. The molecule has 116 valence electrons. The van der Waals surface area contributed by atoms with Crippen LogP contribution >= 0.6 is 12.2 Å². The molecule has 0 atom stereocenters. The maximum Gasteiger partial charge on any atom is 0.187 e. The van der Waals surface area contributed by atoms with Crippen molar-refractivity contribution in [2.45, 2.75) is 38.1 Å². The Morgan fingerprint density at radius 3 is 2.73 bits per heavy atom. The maximum absolute atomic E-state index is 8.45. The molecule has 5 nitrogen and oxygen atoms in total. The monoisotopic (exact) mass is 316 g/mol. The summed E-state index contributed by atoms with van der Waals surface area (Å²) in [4.78, 5) is 0. The molecule has 0 bridgehead atoms. The van der Waals surface area contributed by atoms with Crippen molar-refractivity contribution < 1.29 is 4.74 Å². The molecule has 1 aromatic carbocycles. The highest BCUT2D eigenvalue weighted by Gasteiger charge is 2.13. The van der Waals surface area contributed by atoms with E-state index >= 15 is 0 Å². The number of thiocarbonyl (C=S) groups is 1. The van der Waals surface area contributed by atoms with E-state index in [0.717, 1.165) is 5.56 Å². The first-order valence-electron chi connectivity index (χ1n) is 7.47. The van der Waals surface area contributed by atoms with Crippen molar-refractivity contribution in [3.63, 3.8) is 0 Å². The molecule has 0 unspecified atom stereocenters. The second kappa shape index (κ2) is 9.00. The second-order valence-corrected chi connectivity index (χ2v) is 5.60. The normalized spacial score (nSPS) is 15.2. The van der Waals surface area contributed by atoms with Crippen LogP contribution in [-0.2, 0) is 0 Å². The molecule has 0 heterocycles. The zero-order chi connectivity index (χ0) is 15.6. The van der Waals surface area contributed by atoms with E-state index in [1.165, 1.54) is 32.1 Å². The Bertz CT molecular complexity index is 544. The van der Waals surface area contributed by atoms with E-state index in [0.29, 0.717) is 16.9 Å². The van der Waals surface area contributed by atoms with Gasteiger partial charge < -0.3 is 10.1 Å². The van der Waals surface area contributed by atoms with E-state index in [1.54, 1.807) is 18.3 Å². The lowest BCUT2D eigenvalue weighted by Gasteiger charge is -2.23. The zero-order valence-electron chi connectivity index (χ0n) is 12.4. The van der Waals surface area contributed by atoms with Crippen LogP contribution < -0.4 is 15.5 Å². The third-order valence-corrected chi connectivity index (χ3v) is 3.71. The minimum Gasteiger partial charge on any atom is -0.479 e. The molecular formula is C16H20N4OS. The van der Waals surface area contributed by atoms with Gasteiger partial charge in [0, 0.05) is 6.04 Å². The molecule has 1 fully saturated rings. The molecule has 0 amide bonds. The Labute approximate surface area is 136 Å². The summed E-state index contributed by atoms with van der Waals surface area (Å²) in [5.74, 6) is 0.668. The zero-order valence-corrected chi connectivity index (χ0v) is 13.2. The standard InChI is InChI=1S/C16H20N4OS/c17-10-11-21-15-8-6-13(7-9-15)12-18-20-16(22)19-14-4-2-1-3-5-14/h6-9,12,14H,1-5,11H2,(H2,19,20,22)/b18-12-. The smallest absolute Gasteiger partial charge is 0.187 e. The average molecular weight is 316 g/mol. The van der Waals surface area contributed by atoms with Crippen molar-refractivity contribution >= 4 is 23.5 Å². The summed E-state index contributed by atoms with van der Waals surface area (Å²) in [5.41, 5.74) is 3.77. The lowest BCUT2D eigenvalue weighted by molar-refractivity contribution is 0.368. The number of ether oxygens (including phenoxy) is 1. The number of nitriles is 1. The lowest BCUT2D eigenvalue weighted by atomic mass is 9.96. The number of nitrogens with zero attached hydrogens (tertiary/aromatic N) is 2. The average Bonchev–Trinajstić information content (AvgIpc) is 2.55. The molecular weight excluding hydrogens is 296 g/mol. The van der Waals surface area contributed by atoms with Crippen LogP contribution in [0.25, 0.3) is 0 Å². The van der Waals surface area contributed by atoms with Crippen LogP contribution in [-0.4, -0.2) is 24.0 Å². The van der Waals surface area contributed by atoms with Gasteiger partial charge in [-0.25, -0.2) is 0 Å². The van der Waals surface area contributed by atoms with Gasteiger partial charge in [0.25, 0.3) is 0 Å². The Morgan fingerprint density at radius 2 is 2.05 bits per heavy atom. The van der Waals surface area contributed by atoms with Crippen LogP contribution in [0.1, 0.15) is 37.7 Å². The molecule has 6 heteroatoms. The van der Waals surface area contributed by atoms with E-state index in [9.17, 15) is 0 Å². The summed E-state index contributed by atoms with van der Waals surface area (Å²) in [6, 6.07) is 9.75. The van der Waals surface area contributed by atoms with Gasteiger partial charge in [-0.2, -0.15) is 10.4 Å². The van der Waals surface area contributed by atoms with Crippen molar-refractivity contribution in [1.29, 1.82) is 5.26 Å². The third kappa shape index (κ3) is 5.70. The molecule has 0 radical (unpaired) electrons. The molecule has 1 saturated carbocycles. The van der Waals surface area contributed by atoms with Crippen LogP contribution in [0, 0.1) is 11.3 Å². The topological polar surface area (TPSA) is 69.4 Å². The summed E-state index contributed by atoms with van der Waals surface area (Å²) in [7, 11) is 0. The minimum absolute atomic E-state index is 0.0517. The van der Waals surface area contributed by atoms with Gasteiger partial charge in [0.05, 0.1) is 6.21 Å². The molecule has 0 aromatic heterocycles. The number of rotatable bonds is 5. The van der Waals surface area contributed by atoms with Gasteiger partial charge in [0.2, 0.25) is 0 Å². The Hall–Kier alpha value is -2.13. The molecule has 0 saturated heterocycles. The van der Waals surface area contributed by atoms with E-state index in [-0.39, 0.29) is 6.61 Å².